The summed E-state index contributed by atoms with van der Waals surface area (Å²) in [5.74, 6) is -3.65. The molecule has 2 atom stereocenters. The molecule has 0 saturated heterocycles. The van der Waals surface area contributed by atoms with Gasteiger partial charge in [-0.3, -0.25) is 0 Å². The van der Waals surface area contributed by atoms with Gasteiger partial charge in [-0.05, 0) is 149 Å². The minimum absolute atomic E-state index is 0. The van der Waals surface area contributed by atoms with Gasteiger partial charge in [0.2, 0.25) is 20.7 Å². The Labute approximate surface area is 971 Å². The number of benzene rings is 6. The van der Waals surface area contributed by atoms with E-state index in [1.54, 1.807) is 28.4 Å². The fourth-order valence-electron chi connectivity index (χ4n) is 12.4. The Kier molecular flexibility index (Phi) is 68.1. The third-order valence-corrected chi connectivity index (χ3v) is 1840. The minimum Gasteiger partial charge on any atom is -0.497 e. The van der Waals surface area contributed by atoms with Crippen LogP contribution in [0.1, 0.15) is 108 Å². The van der Waals surface area contributed by atoms with Crippen LogP contribution in [0.25, 0.3) is 32.0 Å². The van der Waals surface area contributed by atoms with Crippen LogP contribution in [0.2, 0.25) is 0 Å². The molecule has 134 heavy (non-hydrogen) atoms. The third-order valence-electron chi connectivity index (χ3n) is 17.7. The molecule has 0 amide bonds. The standard InChI is InChI=1S/C39H45F2N6O5P.C30H28F2N4O4.C9H18ClN2OP.CH4.I26/c1-28(2)47(29(3)4)53(51-22-21-42-5)52-26-38(40,41)25-46-36(45-35-23-43-27-44-37(35)46)24-50-39(30-11-9-8-10-12-30,31-13-17-33(48-6)18-14-31)32-15-19-34(49-7)20-16-32;1-38-24-12-8-22(9-13-24)30(21-6-4-3-5-7-21,23-10-14-25(39-2)15-11-23)40-17-27-35-26-16-33-20-34-28(26)36(27)18-29(31,32)19-37;1-8(2)12(9(3)4)14(10)13-7-6-11-5;;1-15(2)17(5)19(7)21(9)23(11)25(13)26(14)24(12)22(10)20(8)18(6)16(3)4/h8-20,23,27-29H,21-22,24-26H2,1-4,6-7H3;3-16,20,37H,17-19H2,1-2H3;8-9H,6-7H2,1-4H3;1H4;. The maximum absolute atomic E-state index is 16.1. The Morgan fingerprint density at radius 1 is 0.425 bits per heavy atom. The Balaban J connectivity index is 0.000000300. The van der Waals surface area contributed by atoms with E-state index in [9.17, 15) is 13.9 Å². The van der Waals surface area contributed by atoms with Gasteiger partial charge in [-0.1, -0.05) is 117 Å². The summed E-state index contributed by atoms with van der Waals surface area (Å²) in [6, 6.07) is 50.1. The zero-order chi connectivity index (χ0) is 98.2. The number of alkyl halides is 4. The first kappa shape index (κ1) is 133. The maximum Gasteiger partial charge on any atom is 0.289 e. The molecule has 55 heteroatoms. The van der Waals surface area contributed by atoms with Gasteiger partial charge in [0.1, 0.15) is 109 Å². The zero-order valence-corrected chi connectivity index (χ0v) is 130. The van der Waals surface area contributed by atoms with E-state index in [0.717, 1.165) is 33.4 Å². The summed E-state index contributed by atoms with van der Waals surface area (Å²) >= 11 is 49.6. The van der Waals surface area contributed by atoms with Gasteiger partial charge in [-0.25, -0.2) is 70.0 Å². The van der Waals surface area contributed by atoms with Crippen LogP contribution in [0.3, 0.4) is 0 Å². The molecule has 0 aliphatic heterocycles. The molecule has 758 valence electrons. The Morgan fingerprint density at radius 3 is 1.00 bits per heavy atom. The molecule has 1 N–H and O–H groups in total. The number of rotatable bonds is 47. The normalized spacial score (nSPS) is 13.6. The molecule has 0 fully saturated rings. The van der Waals surface area contributed by atoms with Crippen molar-refractivity contribution < 1.29 is 64.7 Å². The van der Waals surface area contributed by atoms with E-state index in [2.05, 4.69) is 328 Å². The van der Waals surface area contributed by atoms with Gasteiger partial charge in [-0.15, -0.1) is 0 Å². The number of hydrogen-bond acceptors (Lipinski definition) is 18. The molecule has 6 aromatic carbocycles. The van der Waals surface area contributed by atoms with Gasteiger partial charge in [0, 0.05) is 24.2 Å². The van der Waals surface area contributed by atoms with Crippen molar-refractivity contribution in [3.05, 3.63) is 251 Å². The summed E-state index contributed by atoms with van der Waals surface area (Å²) in [6.07, 6.45) is 5.51. The third kappa shape index (κ3) is 40.3. The second-order valence-corrected chi connectivity index (χ2v) is 616. The number of aliphatic hydroxyl groups is 1. The minimum atomic E-state index is -3.39. The molecular formula is C79H95ClF4I26N12O10P2. The molecule has 0 saturated carbocycles. The molecule has 10 aromatic rings. The largest absolute Gasteiger partial charge is 0.497 e. The van der Waals surface area contributed by atoms with E-state index in [1.165, 1.54) is 34.2 Å². The first-order valence-corrected chi connectivity index (χ1v) is 198. The van der Waals surface area contributed by atoms with Crippen molar-refractivity contribution in [2.45, 2.75) is 136 Å². The molecule has 0 aliphatic rings. The molecule has 2 unspecified atom stereocenters. The van der Waals surface area contributed by atoms with E-state index in [0.29, 0.717) is 59.3 Å². The summed E-state index contributed by atoms with van der Waals surface area (Å²) in [4.78, 5) is 32.3. The van der Waals surface area contributed by atoms with Crippen LogP contribution < -0.4 is 18.9 Å². The average Bonchev–Trinajstić information content (AvgIpc) is 0.874. The van der Waals surface area contributed by atoms with E-state index < -0.39 is 160 Å². The van der Waals surface area contributed by atoms with Crippen molar-refractivity contribution in [2.75, 3.05) is 68.0 Å². The smallest absolute Gasteiger partial charge is 0.289 e. The van der Waals surface area contributed by atoms with Crippen molar-refractivity contribution in [2.24, 2.45) is 0 Å². The predicted octanol–water partition coefficient (Wildman–Crippen LogP) is 40.4. The Morgan fingerprint density at radius 2 is 0.716 bits per heavy atom. The molecule has 22 nitrogen and oxygen atoms in total. The summed E-state index contributed by atoms with van der Waals surface area (Å²) in [5.41, 5.74) is 3.51. The molecule has 0 spiro atoms. The monoisotopic (exact) mass is 4840 g/mol. The number of hydrogen-bond donors (Lipinski definition) is 1. The number of methoxy groups -OCH3 is 4. The molecule has 0 aliphatic carbocycles. The van der Waals surface area contributed by atoms with Crippen molar-refractivity contribution >= 4 is 405 Å². The van der Waals surface area contributed by atoms with Crippen molar-refractivity contribution in [1.82, 2.24) is 48.4 Å². The molecule has 4 heterocycles. The Bertz CT molecular complexity index is 5070. The number of aromatic nitrogens is 8. The van der Waals surface area contributed by atoms with E-state index in [-0.39, 0.29) is 68.8 Å². The van der Waals surface area contributed by atoms with Crippen LogP contribution in [0, 0.1) is 13.1 Å². The summed E-state index contributed by atoms with van der Waals surface area (Å²) in [7, 11) is -1.89. The maximum atomic E-state index is 16.1. The summed E-state index contributed by atoms with van der Waals surface area (Å²) in [6.45, 7) is 26.7. The van der Waals surface area contributed by atoms with Gasteiger partial charge in [-0.2, -0.15) is 0 Å². The van der Waals surface area contributed by atoms with Crippen molar-refractivity contribution in [3.8, 4) is 23.0 Å². The second kappa shape index (κ2) is 68.7. The second-order valence-electron chi connectivity index (χ2n) is 27.4. The average molecular weight is 4850 g/mol. The van der Waals surface area contributed by atoms with E-state index in [1.807, 2.05) is 190 Å². The quantitative estimate of drug-likeness (QED) is 0.00940. The van der Waals surface area contributed by atoms with E-state index >= 15 is 8.78 Å². The van der Waals surface area contributed by atoms with Gasteiger partial charge < -0.3 is 65.9 Å². The first-order valence-electron chi connectivity index (χ1n) is 38.0. The van der Waals surface area contributed by atoms with Crippen molar-refractivity contribution in [1.29, 1.82) is 0 Å². The molecular weight excluding hydrogens is 4750 g/mol. The van der Waals surface area contributed by atoms with Crippen LogP contribution >= 0.6 is 383 Å². The fraction of sp³-hybridized carbons (Fsp3) is 0.392. The number of imidazole rings is 2. The van der Waals surface area contributed by atoms with E-state index in [4.69, 9.17) is 71.4 Å². The number of ether oxygens (including phenoxy) is 6. The van der Waals surface area contributed by atoms with Gasteiger partial charge in [0.15, 0.2) is 11.3 Å². The predicted molar refractivity (Wildman–Crippen MR) is 778 cm³/mol. The van der Waals surface area contributed by atoms with Crippen LogP contribution in [0.15, 0.2) is 183 Å². The summed E-state index contributed by atoms with van der Waals surface area (Å²) in [5, 5.41) is 9.28. The number of fused-ring (bicyclic) bond motifs is 2. The molecule has 4 aromatic heterocycles. The number of nitrogens with zero attached hydrogens (tertiary/aromatic N) is 12. The first-order chi connectivity index (χ1) is 63.2. The number of aliphatic hydroxyl groups excluding tert-OH is 1. The van der Waals surface area contributed by atoms with Crippen LogP contribution in [-0.2, 0) is 60.6 Å². The number of halogens is 31. The van der Waals surface area contributed by atoms with Gasteiger partial charge >= 0.3 is 355 Å². The van der Waals surface area contributed by atoms with Crippen LogP contribution in [-0.4, -0.2) is 157 Å². The summed E-state index contributed by atoms with van der Waals surface area (Å²) < 4.78 is 120. The fourth-order valence-corrected chi connectivity index (χ4v) is 4210. The van der Waals surface area contributed by atoms with Crippen molar-refractivity contribution in [3.63, 3.8) is 0 Å². The molecule has 0 radical (unpaired) electrons. The Hall–Kier alpha value is 10.1. The van der Waals surface area contributed by atoms with Gasteiger partial charge in [0.25, 0.3) is 20.4 Å². The SMILES string of the molecule is C.COc1ccc(C(OCc2nc3cncnc3n2CC(F)(F)CO)(c2ccccc2)c2ccc(OC)cc2)cc1.II(I)I(I)I(I)I(I)I(I)I(I)I(I)I(I)I(I)I(I)I(I)I(I)I.[C-]#[N+]CCOP(Cl)N(C(C)C)C(C)C.[C-]#[N+]CCOP(OCC(F)(F)Cn1c(COC(c2ccccc2)(c2ccc(OC)cc2)c2ccc(OC)cc2)nc2cncnc21)N(C(C)C)C(C)C. The topological polar surface area (TPSA) is 206 Å². The molecule has 10 rings (SSSR count). The van der Waals surface area contributed by atoms with Gasteiger partial charge in [0.05, 0.1) is 53.9 Å². The van der Waals surface area contributed by atoms with Crippen LogP contribution in [0.5, 0.6) is 23.0 Å². The van der Waals surface area contributed by atoms with Crippen LogP contribution in [0.4, 0.5) is 17.6 Å². The molecule has 0 bridgehead atoms. The zero-order valence-electron chi connectivity index (χ0n) is 71.8.